The molecule has 0 spiro atoms. The number of carbonyl (C=O) groups is 2. The molecule has 1 aromatic carbocycles. The van der Waals surface area contributed by atoms with Crippen LogP contribution in [0.3, 0.4) is 0 Å². The summed E-state index contributed by atoms with van der Waals surface area (Å²) in [5.41, 5.74) is 0.888. The van der Waals surface area contributed by atoms with Gasteiger partial charge in [0, 0.05) is 12.5 Å². The molecule has 2 N–H and O–H groups in total. The standard InChI is InChI=1S/C12H14NO3.C2H6.CH3.U/c1-9(7-12(15)16)13-11(14)8-10-5-3-2-4-6-10;1-2;;/h3-6,9H,7-8H2,1H3,(H,13,14)(H,15,16);1-2H3;1H3;/q-1;;-1;+2. The predicted octanol–water partition coefficient (Wildman–Crippen LogP) is 2.49. The Balaban J connectivity index is -0.000000689. The molecule has 1 rings (SSSR count). The van der Waals surface area contributed by atoms with Crippen LogP contribution in [0.15, 0.2) is 24.3 Å². The van der Waals surface area contributed by atoms with Crippen LogP contribution in [-0.4, -0.2) is 23.0 Å². The van der Waals surface area contributed by atoms with Gasteiger partial charge < -0.3 is 17.8 Å². The second-order valence-electron chi connectivity index (χ2n) is 3.65. The van der Waals surface area contributed by atoms with E-state index in [1.165, 1.54) is 0 Å². The number of carbonyl (C=O) groups excluding carboxylic acids is 1. The Morgan fingerprint density at radius 1 is 1.30 bits per heavy atom. The summed E-state index contributed by atoms with van der Waals surface area (Å²) in [4.78, 5) is 21.9. The van der Waals surface area contributed by atoms with Crippen LogP contribution in [0.1, 0.15) is 32.8 Å². The number of amides is 1. The first kappa shape index (κ1) is 24.2. The van der Waals surface area contributed by atoms with Gasteiger partial charge in [-0.1, -0.05) is 13.8 Å². The van der Waals surface area contributed by atoms with Gasteiger partial charge in [0.2, 0.25) is 5.91 Å². The number of benzene rings is 1. The first-order valence-electron chi connectivity index (χ1n) is 6.04. The molecule has 0 saturated heterocycles. The fraction of sp³-hybridized carbons (Fsp3) is 0.400. The normalized spacial score (nSPS) is 9.75. The smallest absolute Gasteiger partial charge is 0.481 e. The number of hydrogen-bond donors (Lipinski definition) is 2. The molecule has 0 aliphatic rings. The minimum Gasteiger partial charge on any atom is -0.481 e. The van der Waals surface area contributed by atoms with E-state index < -0.39 is 5.97 Å². The van der Waals surface area contributed by atoms with Crippen molar-refractivity contribution in [3.8, 4) is 0 Å². The van der Waals surface area contributed by atoms with Gasteiger partial charge in [0.15, 0.2) is 0 Å². The topological polar surface area (TPSA) is 66.4 Å². The van der Waals surface area contributed by atoms with Crippen molar-refractivity contribution >= 4 is 11.9 Å². The van der Waals surface area contributed by atoms with E-state index in [0.717, 1.165) is 5.56 Å². The molecule has 1 atom stereocenters. The van der Waals surface area contributed by atoms with Crippen LogP contribution in [0.5, 0.6) is 0 Å². The van der Waals surface area contributed by atoms with Gasteiger partial charge in [0.1, 0.15) is 0 Å². The minimum atomic E-state index is -0.915. The summed E-state index contributed by atoms with van der Waals surface area (Å²) in [6, 6.07) is 9.61. The van der Waals surface area contributed by atoms with Crippen LogP contribution in [0.4, 0.5) is 0 Å². The van der Waals surface area contributed by atoms with Crippen molar-refractivity contribution in [3.63, 3.8) is 0 Å². The average Bonchev–Trinajstić information content (AvgIpc) is 2.31. The van der Waals surface area contributed by atoms with E-state index in [-0.39, 0.29) is 63.3 Å². The van der Waals surface area contributed by atoms with E-state index in [1.807, 2.05) is 13.8 Å². The van der Waals surface area contributed by atoms with Crippen molar-refractivity contribution in [1.82, 2.24) is 5.32 Å². The number of nitrogens with one attached hydrogen (secondary N) is 1. The Morgan fingerprint density at radius 2 is 1.80 bits per heavy atom. The molecule has 0 fully saturated rings. The molecule has 110 valence electrons. The maximum absolute atomic E-state index is 11.5. The number of carboxylic acids is 1. The number of rotatable bonds is 5. The number of hydrogen-bond acceptors (Lipinski definition) is 2. The molecule has 20 heavy (non-hydrogen) atoms. The fourth-order valence-electron chi connectivity index (χ4n) is 1.36. The van der Waals surface area contributed by atoms with Crippen molar-refractivity contribution < 1.29 is 45.8 Å². The van der Waals surface area contributed by atoms with E-state index in [2.05, 4.69) is 11.4 Å². The Morgan fingerprint density at radius 3 is 2.25 bits per heavy atom. The third-order valence-electron chi connectivity index (χ3n) is 2.04. The van der Waals surface area contributed by atoms with Crippen LogP contribution in [0, 0.1) is 44.6 Å². The Bertz CT molecular complexity index is 369. The van der Waals surface area contributed by atoms with Gasteiger partial charge in [-0.05, 0) is 6.92 Å². The van der Waals surface area contributed by atoms with Gasteiger partial charge in [-0.3, -0.25) is 9.59 Å². The average molecular weight is 503 g/mol. The minimum absolute atomic E-state index is 0. The molecule has 1 unspecified atom stereocenters. The van der Waals surface area contributed by atoms with Crippen molar-refractivity contribution in [2.75, 3.05) is 0 Å². The van der Waals surface area contributed by atoms with E-state index >= 15 is 0 Å². The van der Waals surface area contributed by atoms with Gasteiger partial charge in [-0.25, -0.2) is 0 Å². The van der Waals surface area contributed by atoms with Gasteiger partial charge in [-0.15, -0.1) is 5.56 Å². The number of aliphatic carboxylic acids is 1. The fourth-order valence-corrected chi connectivity index (χ4v) is 1.36. The summed E-state index contributed by atoms with van der Waals surface area (Å²) < 4.78 is 0. The van der Waals surface area contributed by atoms with Crippen LogP contribution in [-0.2, 0) is 16.0 Å². The van der Waals surface area contributed by atoms with Crippen molar-refractivity contribution in [1.29, 1.82) is 0 Å². The molecule has 1 amide bonds. The van der Waals surface area contributed by atoms with Crippen molar-refractivity contribution in [3.05, 3.63) is 43.3 Å². The second-order valence-corrected chi connectivity index (χ2v) is 3.65. The summed E-state index contributed by atoms with van der Waals surface area (Å²) >= 11 is 0. The van der Waals surface area contributed by atoms with E-state index in [4.69, 9.17) is 5.11 Å². The van der Waals surface area contributed by atoms with Gasteiger partial charge in [-0.2, -0.15) is 30.3 Å². The molecule has 1 aromatic rings. The number of carboxylic acid groups (broad SMARTS) is 1. The van der Waals surface area contributed by atoms with E-state index in [9.17, 15) is 9.59 Å². The largest absolute Gasteiger partial charge is 2.00 e. The van der Waals surface area contributed by atoms with Gasteiger partial charge in [0.05, 0.1) is 6.42 Å². The predicted molar refractivity (Wildman–Crippen MR) is 76.6 cm³/mol. The molecule has 0 radical (unpaired) electrons. The molecular formula is C15H23NO3U. The first-order valence-corrected chi connectivity index (χ1v) is 6.04. The molecule has 0 aliphatic heterocycles. The SMILES string of the molecule is CC.CC(CC(=O)O)NC(=O)Cc1cc[c-]cc1.[CH3-].[U+2]. The van der Waals surface area contributed by atoms with Crippen LogP contribution < -0.4 is 5.32 Å². The maximum atomic E-state index is 11.5. The van der Waals surface area contributed by atoms with Gasteiger partial charge in [0.25, 0.3) is 0 Å². The molecule has 5 heteroatoms. The molecule has 4 nitrogen and oxygen atoms in total. The Kier molecular flexibility index (Phi) is 17.7. The zero-order chi connectivity index (χ0) is 14.0. The summed E-state index contributed by atoms with van der Waals surface area (Å²) in [5.74, 6) is -1.08. The quantitative estimate of drug-likeness (QED) is 0.608. The summed E-state index contributed by atoms with van der Waals surface area (Å²) in [5, 5.41) is 11.2. The van der Waals surface area contributed by atoms with E-state index in [0.29, 0.717) is 0 Å². The van der Waals surface area contributed by atoms with Crippen molar-refractivity contribution in [2.45, 2.75) is 39.7 Å². The third kappa shape index (κ3) is 12.3. The monoisotopic (exact) mass is 503 g/mol. The molecule has 0 bridgehead atoms. The zero-order valence-electron chi connectivity index (χ0n) is 12.6. The molecule has 0 heterocycles. The molecular weight excluding hydrogens is 480 g/mol. The summed E-state index contributed by atoms with van der Waals surface area (Å²) in [6.07, 6.45) is 0.201. The third-order valence-corrected chi connectivity index (χ3v) is 2.04. The van der Waals surface area contributed by atoms with E-state index in [1.54, 1.807) is 31.2 Å². The Labute approximate surface area is 145 Å². The first-order chi connectivity index (χ1) is 8.58. The molecule has 0 saturated carbocycles. The maximum Gasteiger partial charge on any atom is 2.00 e. The van der Waals surface area contributed by atoms with Gasteiger partial charge >= 0.3 is 37.1 Å². The summed E-state index contributed by atoms with van der Waals surface area (Å²) in [6.45, 7) is 5.67. The second kappa shape index (κ2) is 14.6. The van der Waals surface area contributed by atoms with Crippen LogP contribution in [0.2, 0.25) is 0 Å². The summed E-state index contributed by atoms with van der Waals surface area (Å²) in [7, 11) is 0. The zero-order valence-corrected chi connectivity index (χ0v) is 16.7. The Hall–Kier alpha value is -0.788. The molecule has 0 aromatic heterocycles. The van der Waals surface area contributed by atoms with Crippen LogP contribution >= 0.6 is 0 Å². The molecule has 0 aliphatic carbocycles. The van der Waals surface area contributed by atoms with Crippen LogP contribution in [0.25, 0.3) is 0 Å². The van der Waals surface area contributed by atoms with Crippen molar-refractivity contribution in [2.24, 2.45) is 0 Å².